The number of nitrogens with one attached hydrogen (secondary N) is 1. The topological polar surface area (TPSA) is 52.9 Å². The Kier molecular flexibility index (Phi) is 5.93. The lowest BCUT2D eigenvalue weighted by Crippen LogP contribution is -2.49. The van der Waals surface area contributed by atoms with Gasteiger partial charge in [0, 0.05) is 51.2 Å². The number of halogens is 1. The van der Waals surface area contributed by atoms with Crippen molar-refractivity contribution in [3.8, 4) is 0 Å². The summed E-state index contributed by atoms with van der Waals surface area (Å²) in [4.78, 5) is 21.2. The number of piperazine rings is 1. The van der Waals surface area contributed by atoms with Crippen molar-refractivity contribution in [1.29, 1.82) is 0 Å². The highest BCUT2D eigenvalue weighted by molar-refractivity contribution is 6.30. The molecule has 0 radical (unpaired) electrons. The summed E-state index contributed by atoms with van der Waals surface area (Å²) in [5, 5.41) is 3.74. The number of nitrogens with zero attached hydrogens (tertiary/aromatic N) is 4. The van der Waals surface area contributed by atoms with E-state index in [2.05, 4.69) is 27.0 Å². The van der Waals surface area contributed by atoms with Crippen molar-refractivity contribution in [2.45, 2.75) is 32.9 Å². The van der Waals surface area contributed by atoms with Crippen LogP contribution >= 0.6 is 11.6 Å². The number of imidazole rings is 1. The van der Waals surface area contributed by atoms with Gasteiger partial charge in [0.25, 0.3) is 0 Å². The Hall–Kier alpha value is -1.63. The average Bonchev–Trinajstić information content (AvgIpc) is 2.97. The molecule has 1 fully saturated rings. The van der Waals surface area contributed by atoms with Gasteiger partial charge in [-0.1, -0.05) is 18.5 Å². The lowest BCUT2D eigenvalue weighted by atomic mass is 10.2. The zero-order chi connectivity index (χ0) is 17.8. The minimum atomic E-state index is 0.125. The maximum absolute atomic E-state index is 12.0. The first-order valence-corrected chi connectivity index (χ1v) is 9.28. The van der Waals surface area contributed by atoms with E-state index in [4.69, 9.17) is 11.6 Å². The molecule has 0 saturated carbocycles. The highest BCUT2D eigenvalue weighted by Crippen LogP contribution is 2.13. The Morgan fingerprint density at radius 1 is 1.24 bits per heavy atom. The minimum absolute atomic E-state index is 0.125. The zero-order valence-electron chi connectivity index (χ0n) is 14.9. The number of fused-ring (bicyclic) bond motifs is 1. The number of pyridine rings is 1. The first kappa shape index (κ1) is 18.2. The summed E-state index contributed by atoms with van der Waals surface area (Å²) in [6.45, 7) is 9.16. The summed E-state index contributed by atoms with van der Waals surface area (Å²) in [5.41, 5.74) is 1.96. The number of hydrogen-bond acceptors (Lipinski definition) is 4. The molecule has 0 spiro atoms. The van der Waals surface area contributed by atoms with Crippen molar-refractivity contribution in [3.63, 3.8) is 0 Å². The van der Waals surface area contributed by atoms with E-state index in [1.165, 1.54) is 0 Å². The Morgan fingerprint density at radius 3 is 2.68 bits per heavy atom. The standard InChI is InChI=1S/C18H26ClN5O/c1-3-14(2)20-18(25)13-23-8-6-22(7-9-23)11-16-12-24-10-15(19)4-5-17(24)21-16/h4-5,10,12,14H,3,6-9,11,13H2,1-2H3,(H,20,25). The van der Waals surface area contributed by atoms with E-state index in [-0.39, 0.29) is 11.9 Å². The van der Waals surface area contributed by atoms with E-state index in [9.17, 15) is 4.79 Å². The summed E-state index contributed by atoms with van der Waals surface area (Å²) in [5.74, 6) is 0.125. The fraction of sp³-hybridized carbons (Fsp3) is 0.556. The largest absolute Gasteiger partial charge is 0.353 e. The second kappa shape index (κ2) is 8.17. The van der Waals surface area contributed by atoms with E-state index in [1.54, 1.807) is 0 Å². The molecule has 3 rings (SSSR count). The van der Waals surface area contributed by atoms with Gasteiger partial charge in [-0.25, -0.2) is 4.98 Å². The van der Waals surface area contributed by atoms with E-state index < -0.39 is 0 Å². The van der Waals surface area contributed by atoms with Crippen LogP contribution in [0.5, 0.6) is 0 Å². The Balaban J connectivity index is 1.48. The van der Waals surface area contributed by atoms with Crippen LogP contribution < -0.4 is 5.32 Å². The van der Waals surface area contributed by atoms with Crippen LogP contribution in [0.4, 0.5) is 0 Å². The number of carbonyl (C=O) groups is 1. The predicted molar refractivity (Wildman–Crippen MR) is 99.8 cm³/mol. The van der Waals surface area contributed by atoms with Crippen LogP contribution in [0.2, 0.25) is 5.02 Å². The van der Waals surface area contributed by atoms with Crippen molar-refractivity contribution in [3.05, 3.63) is 35.2 Å². The summed E-state index contributed by atoms with van der Waals surface area (Å²) >= 11 is 6.02. The highest BCUT2D eigenvalue weighted by atomic mass is 35.5. The van der Waals surface area contributed by atoms with Crippen LogP contribution in [0, 0.1) is 0 Å². The number of carbonyl (C=O) groups excluding carboxylic acids is 1. The lowest BCUT2D eigenvalue weighted by molar-refractivity contribution is -0.123. The number of rotatable bonds is 6. The molecule has 1 unspecified atom stereocenters. The normalized spacial score (nSPS) is 17.7. The second-order valence-corrected chi connectivity index (χ2v) is 7.21. The molecule has 1 saturated heterocycles. The van der Waals surface area contributed by atoms with Gasteiger partial charge in [-0.15, -0.1) is 0 Å². The molecule has 7 heteroatoms. The van der Waals surface area contributed by atoms with Gasteiger partial charge >= 0.3 is 0 Å². The van der Waals surface area contributed by atoms with Crippen molar-refractivity contribution in [2.24, 2.45) is 0 Å². The van der Waals surface area contributed by atoms with Crippen LogP contribution in [0.3, 0.4) is 0 Å². The monoisotopic (exact) mass is 363 g/mol. The van der Waals surface area contributed by atoms with E-state index >= 15 is 0 Å². The van der Waals surface area contributed by atoms with Gasteiger partial charge < -0.3 is 9.72 Å². The Bertz CT molecular complexity index is 723. The fourth-order valence-corrected chi connectivity index (χ4v) is 3.22. The maximum atomic E-state index is 12.0. The van der Waals surface area contributed by atoms with Crippen LogP contribution in [0.15, 0.2) is 24.5 Å². The molecule has 1 aliphatic heterocycles. The van der Waals surface area contributed by atoms with Crippen molar-refractivity contribution in [2.75, 3.05) is 32.7 Å². The van der Waals surface area contributed by atoms with Crippen LogP contribution in [0.25, 0.3) is 5.65 Å². The zero-order valence-corrected chi connectivity index (χ0v) is 15.7. The summed E-state index contributed by atoms with van der Waals surface area (Å²) < 4.78 is 1.97. The average molecular weight is 364 g/mol. The highest BCUT2D eigenvalue weighted by Gasteiger charge is 2.20. The molecular weight excluding hydrogens is 338 g/mol. The van der Waals surface area contributed by atoms with Gasteiger partial charge in [0.2, 0.25) is 5.91 Å². The SMILES string of the molecule is CCC(C)NC(=O)CN1CCN(Cc2cn3cc(Cl)ccc3n2)CC1. The van der Waals surface area contributed by atoms with Crippen molar-refractivity contribution < 1.29 is 4.79 Å². The molecule has 1 amide bonds. The summed E-state index contributed by atoms with van der Waals surface area (Å²) in [7, 11) is 0. The van der Waals surface area contributed by atoms with Gasteiger partial charge in [-0.05, 0) is 25.5 Å². The molecule has 0 aliphatic carbocycles. The summed E-state index contributed by atoms with van der Waals surface area (Å²) in [6, 6.07) is 4.04. The minimum Gasteiger partial charge on any atom is -0.353 e. The number of aromatic nitrogens is 2. The van der Waals surface area contributed by atoms with Crippen LogP contribution in [-0.2, 0) is 11.3 Å². The first-order chi connectivity index (χ1) is 12.0. The van der Waals surface area contributed by atoms with Crippen molar-refractivity contribution >= 4 is 23.2 Å². The third kappa shape index (κ3) is 4.93. The first-order valence-electron chi connectivity index (χ1n) is 8.90. The van der Waals surface area contributed by atoms with Crippen molar-refractivity contribution in [1.82, 2.24) is 24.5 Å². The second-order valence-electron chi connectivity index (χ2n) is 6.77. The maximum Gasteiger partial charge on any atom is 0.234 e. The van der Waals surface area contributed by atoms with Crippen LogP contribution in [0.1, 0.15) is 26.0 Å². The molecule has 2 aromatic heterocycles. The van der Waals surface area contributed by atoms with Gasteiger partial charge in [-0.3, -0.25) is 14.6 Å². The van der Waals surface area contributed by atoms with E-state index in [1.807, 2.05) is 35.9 Å². The quantitative estimate of drug-likeness (QED) is 0.853. The molecular formula is C18H26ClN5O. The third-order valence-corrected chi connectivity index (χ3v) is 4.93. The smallest absolute Gasteiger partial charge is 0.234 e. The molecule has 25 heavy (non-hydrogen) atoms. The van der Waals surface area contributed by atoms with Gasteiger partial charge in [0.1, 0.15) is 5.65 Å². The lowest BCUT2D eigenvalue weighted by Gasteiger charge is -2.34. The van der Waals surface area contributed by atoms with Gasteiger partial charge in [-0.2, -0.15) is 0 Å². The van der Waals surface area contributed by atoms with E-state index in [0.717, 1.165) is 50.5 Å². The van der Waals surface area contributed by atoms with Gasteiger partial charge in [0.15, 0.2) is 0 Å². The summed E-state index contributed by atoms with van der Waals surface area (Å²) in [6.07, 6.45) is 4.87. The molecule has 0 bridgehead atoms. The number of hydrogen-bond donors (Lipinski definition) is 1. The van der Waals surface area contributed by atoms with E-state index in [0.29, 0.717) is 11.6 Å². The number of amides is 1. The molecule has 1 atom stereocenters. The molecule has 6 nitrogen and oxygen atoms in total. The Labute approximate surface area is 153 Å². The molecule has 0 aromatic carbocycles. The Morgan fingerprint density at radius 2 is 1.96 bits per heavy atom. The fourth-order valence-electron chi connectivity index (χ4n) is 3.05. The van der Waals surface area contributed by atoms with Crippen LogP contribution in [-0.4, -0.2) is 63.9 Å². The molecule has 3 heterocycles. The molecule has 1 aliphatic rings. The third-order valence-electron chi connectivity index (χ3n) is 4.70. The molecule has 2 aromatic rings. The predicted octanol–water partition coefficient (Wildman–Crippen LogP) is 2.02. The molecule has 136 valence electrons. The molecule has 1 N–H and O–H groups in total. The van der Waals surface area contributed by atoms with Gasteiger partial charge in [0.05, 0.1) is 17.3 Å².